The van der Waals surface area contributed by atoms with Crippen LogP contribution in [0.2, 0.25) is 0 Å². The van der Waals surface area contributed by atoms with Crippen LogP contribution in [0.25, 0.3) is 0 Å². The third-order valence-electron chi connectivity index (χ3n) is 3.99. The first-order chi connectivity index (χ1) is 6.16. The van der Waals surface area contributed by atoms with Gasteiger partial charge in [-0.3, -0.25) is 0 Å². The summed E-state index contributed by atoms with van der Waals surface area (Å²) < 4.78 is 0. The predicted molar refractivity (Wildman–Crippen MR) is 56.1 cm³/mol. The van der Waals surface area contributed by atoms with Gasteiger partial charge < -0.3 is 0 Å². The molecule has 0 aromatic rings. The summed E-state index contributed by atoms with van der Waals surface area (Å²) in [5.41, 5.74) is 0.572. The zero-order valence-corrected chi connectivity index (χ0v) is 8.88. The molecule has 3 rings (SSSR count). The van der Waals surface area contributed by atoms with Crippen LogP contribution >= 0.6 is 0 Å². The Kier molecular flexibility index (Phi) is 2.42. The van der Waals surface area contributed by atoms with Crippen molar-refractivity contribution in [3.63, 3.8) is 0 Å². The van der Waals surface area contributed by atoms with Crippen molar-refractivity contribution in [2.24, 2.45) is 17.3 Å². The van der Waals surface area contributed by atoms with Gasteiger partial charge in [-0.15, -0.1) is 0 Å². The standard InChI is InChI=1S/C13H19/c1-4-5-6-10-7-8-11-9-12(10)13(11,2)3/h4-7,11-12H,8-9H2,1-3H3/t11-,12-/m0/s1. The first-order valence-electron chi connectivity index (χ1n) is 5.32. The number of rotatable bonds is 3. The average molecular weight is 175 g/mol. The highest BCUT2D eigenvalue weighted by molar-refractivity contribution is 5.32. The van der Waals surface area contributed by atoms with Gasteiger partial charge in [-0.05, 0) is 61.7 Å². The Morgan fingerprint density at radius 3 is 2.77 bits per heavy atom. The van der Waals surface area contributed by atoms with Crippen molar-refractivity contribution >= 4 is 0 Å². The van der Waals surface area contributed by atoms with Gasteiger partial charge >= 0.3 is 0 Å². The van der Waals surface area contributed by atoms with Crippen molar-refractivity contribution in [2.75, 3.05) is 0 Å². The van der Waals surface area contributed by atoms with Crippen LogP contribution in [0.3, 0.4) is 0 Å². The summed E-state index contributed by atoms with van der Waals surface area (Å²) >= 11 is 0. The van der Waals surface area contributed by atoms with Gasteiger partial charge in [0.05, 0.1) is 0 Å². The van der Waals surface area contributed by atoms with E-state index in [9.17, 15) is 0 Å². The van der Waals surface area contributed by atoms with Gasteiger partial charge in [0.1, 0.15) is 0 Å². The van der Waals surface area contributed by atoms with Crippen LogP contribution in [-0.4, -0.2) is 0 Å². The lowest BCUT2D eigenvalue weighted by Gasteiger charge is -2.60. The van der Waals surface area contributed by atoms with E-state index in [1.54, 1.807) is 5.92 Å². The van der Waals surface area contributed by atoms with Crippen LogP contribution in [-0.2, 0) is 0 Å². The van der Waals surface area contributed by atoms with Gasteiger partial charge in [0.15, 0.2) is 0 Å². The molecule has 2 atom stereocenters. The van der Waals surface area contributed by atoms with E-state index in [1.165, 1.54) is 12.8 Å². The molecule has 3 saturated carbocycles. The minimum atomic E-state index is 0.572. The van der Waals surface area contributed by atoms with Gasteiger partial charge in [-0.2, -0.15) is 0 Å². The Morgan fingerprint density at radius 2 is 2.23 bits per heavy atom. The summed E-state index contributed by atoms with van der Waals surface area (Å²) in [7, 11) is 0. The lowest BCUT2D eigenvalue weighted by Crippen LogP contribution is -2.51. The van der Waals surface area contributed by atoms with Gasteiger partial charge in [0.25, 0.3) is 0 Å². The highest BCUT2D eigenvalue weighted by atomic mass is 14.6. The molecule has 0 unspecified atom stereocenters. The SMILES string of the molecule is C[CH][CH][CH][C]1[CH]C[C@H]2C[C@@H]1C2(C)C. The lowest BCUT2D eigenvalue weighted by molar-refractivity contribution is -0.0272. The highest BCUT2D eigenvalue weighted by Crippen LogP contribution is 2.62. The van der Waals surface area contributed by atoms with E-state index in [1.807, 2.05) is 0 Å². The fourth-order valence-corrected chi connectivity index (χ4v) is 2.79. The second kappa shape index (κ2) is 3.29. The maximum absolute atomic E-state index is 2.43. The molecule has 5 radical (unpaired) electrons. The molecule has 3 aliphatic carbocycles. The summed E-state index contributed by atoms with van der Waals surface area (Å²) in [6, 6.07) is 0. The third kappa shape index (κ3) is 1.43. The van der Waals surface area contributed by atoms with Gasteiger partial charge in [-0.1, -0.05) is 20.8 Å². The van der Waals surface area contributed by atoms with Gasteiger partial charge in [0.2, 0.25) is 0 Å². The topological polar surface area (TPSA) is 0 Å². The summed E-state index contributed by atoms with van der Waals surface area (Å²) in [6.07, 6.45) is 11.7. The average Bonchev–Trinajstić information content (AvgIpc) is 2.14. The molecule has 0 saturated heterocycles. The highest BCUT2D eigenvalue weighted by Gasteiger charge is 2.54. The molecule has 0 nitrogen and oxygen atoms in total. The molecule has 0 spiro atoms. The normalized spacial score (nSPS) is 37.2. The van der Waals surface area contributed by atoms with E-state index in [0.29, 0.717) is 5.41 Å². The molecule has 0 heteroatoms. The minimum Gasteiger partial charge on any atom is -0.0620 e. The molecule has 0 aliphatic heterocycles. The number of hydrogen-bond donors (Lipinski definition) is 0. The fraction of sp³-hybridized carbons (Fsp3) is 0.615. The van der Waals surface area contributed by atoms with Crippen LogP contribution in [0.5, 0.6) is 0 Å². The van der Waals surface area contributed by atoms with E-state index in [4.69, 9.17) is 0 Å². The molecule has 0 amide bonds. The Hall–Kier alpha value is 0. The second-order valence-corrected chi connectivity index (χ2v) is 4.94. The lowest BCUT2D eigenvalue weighted by atomic mass is 9.45. The third-order valence-corrected chi connectivity index (χ3v) is 3.99. The minimum absolute atomic E-state index is 0.572. The Balaban J connectivity index is 1.91. The maximum Gasteiger partial charge on any atom is -0.0134 e. The number of unbranched alkanes of at least 4 members (excludes halogenated alkanes) is 1. The molecule has 13 heavy (non-hydrogen) atoms. The molecule has 2 bridgehead atoms. The van der Waals surface area contributed by atoms with Crippen molar-refractivity contribution in [3.8, 4) is 0 Å². The molecular formula is C13H19. The molecule has 3 fully saturated rings. The van der Waals surface area contributed by atoms with E-state index < -0.39 is 0 Å². The Bertz CT molecular complexity index is 178. The molecule has 3 aliphatic rings. The smallest absolute Gasteiger partial charge is 0.0134 e. The van der Waals surface area contributed by atoms with E-state index >= 15 is 0 Å². The number of hydrogen-bond acceptors (Lipinski definition) is 0. The largest absolute Gasteiger partial charge is 0.0620 e. The Labute approximate surface area is 83.1 Å². The summed E-state index contributed by atoms with van der Waals surface area (Å²) in [5, 5.41) is 0. The van der Waals surface area contributed by atoms with Crippen molar-refractivity contribution in [1.29, 1.82) is 0 Å². The molecule has 0 aromatic carbocycles. The van der Waals surface area contributed by atoms with E-state index in [2.05, 4.69) is 46.5 Å². The molecular weight excluding hydrogens is 156 g/mol. The zero-order chi connectivity index (χ0) is 9.47. The summed E-state index contributed by atoms with van der Waals surface area (Å²) in [4.78, 5) is 0. The summed E-state index contributed by atoms with van der Waals surface area (Å²) in [6.45, 7) is 6.92. The van der Waals surface area contributed by atoms with E-state index in [0.717, 1.165) is 11.8 Å². The maximum atomic E-state index is 2.43. The Morgan fingerprint density at radius 1 is 1.46 bits per heavy atom. The van der Waals surface area contributed by atoms with Crippen molar-refractivity contribution in [2.45, 2.75) is 33.6 Å². The van der Waals surface area contributed by atoms with E-state index in [-0.39, 0.29) is 0 Å². The first-order valence-corrected chi connectivity index (χ1v) is 5.32. The van der Waals surface area contributed by atoms with Crippen molar-refractivity contribution in [3.05, 3.63) is 31.6 Å². The van der Waals surface area contributed by atoms with Gasteiger partial charge in [0, 0.05) is 0 Å². The zero-order valence-electron chi connectivity index (χ0n) is 8.88. The molecule has 0 aromatic heterocycles. The number of fused-ring (bicyclic) bond motifs is 2. The van der Waals surface area contributed by atoms with Crippen LogP contribution in [0.4, 0.5) is 0 Å². The fourth-order valence-electron chi connectivity index (χ4n) is 2.79. The van der Waals surface area contributed by atoms with Crippen molar-refractivity contribution < 1.29 is 0 Å². The van der Waals surface area contributed by atoms with Crippen LogP contribution < -0.4 is 0 Å². The summed E-state index contributed by atoms with van der Waals surface area (Å²) in [5.74, 6) is 3.37. The quantitative estimate of drug-likeness (QED) is 0.616. The van der Waals surface area contributed by atoms with Crippen molar-refractivity contribution in [1.82, 2.24) is 0 Å². The van der Waals surface area contributed by atoms with Crippen LogP contribution in [0.15, 0.2) is 0 Å². The monoisotopic (exact) mass is 175 g/mol. The van der Waals surface area contributed by atoms with Gasteiger partial charge in [-0.25, -0.2) is 0 Å². The first kappa shape index (κ1) is 9.55. The molecule has 0 N–H and O–H groups in total. The second-order valence-electron chi connectivity index (χ2n) is 4.94. The van der Waals surface area contributed by atoms with Crippen LogP contribution in [0.1, 0.15) is 33.6 Å². The molecule has 0 heterocycles. The van der Waals surface area contributed by atoms with Crippen LogP contribution in [0, 0.1) is 48.9 Å². The molecule has 71 valence electrons. The predicted octanol–water partition coefficient (Wildman–Crippen LogP) is 3.46.